The lowest BCUT2D eigenvalue weighted by Crippen LogP contribution is -2.25. The van der Waals surface area contributed by atoms with E-state index < -0.39 is 0 Å². The van der Waals surface area contributed by atoms with Crippen LogP contribution in [-0.4, -0.2) is 17.4 Å². The monoisotopic (exact) mass is 205 g/mol. The Kier molecular flexibility index (Phi) is 3.24. The van der Waals surface area contributed by atoms with Gasteiger partial charge in [0.2, 0.25) is 5.91 Å². The number of unbranched alkanes of at least 4 members (excludes halogenated alkanes) is 2. The number of hydrogen-bond donors (Lipinski definition) is 0. The van der Waals surface area contributed by atoms with Crippen LogP contribution in [0.15, 0.2) is 23.9 Å². The Morgan fingerprint density at radius 2 is 2.33 bits per heavy atom. The number of carbonyl (C=O) groups is 1. The van der Waals surface area contributed by atoms with Crippen LogP contribution in [0, 0.1) is 5.92 Å². The van der Waals surface area contributed by atoms with Gasteiger partial charge in [0, 0.05) is 24.6 Å². The molecule has 15 heavy (non-hydrogen) atoms. The maximum atomic E-state index is 11.8. The second kappa shape index (κ2) is 4.65. The third-order valence-electron chi connectivity index (χ3n) is 3.26. The summed E-state index contributed by atoms with van der Waals surface area (Å²) in [6, 6.07) is 0. The molecule has 0 aromatic heterocycles. The largest absolute Gasteiger partial charge is 0.316 e. The normalized spacial score (nSPS) is 24.3. The first-order chi connectivity index (χ1) is 7.33. The summed E-state index contributed by atoms with van der Waals surface area (Å²) in [5.41, 5.74) is 1.26. The molecule has 1 aliphatic carbocycles. The summed E-state index contributed by atoms with van der Waals surface area (Å²) in [5.74, 6) is 0.801. The fourth-order valence-corrected chi connectivity index (χ4v) is 2.40. The van der Waals surface area contributed by atoms with Crippen molar-refractivity contribution in [2.75, 3.05) is 6.54 Å². The number of nitrogens with zero attached hydrogens (tertiary/aromatic N) is 1. The van der Waals surface area contributed by atoms with Crippen LogP contribution in [0.2, 0.25) is 0 Å². The van der Waals surface area contributed by atoms with Crippen molar-refractivity contribution in [3.8, 4) is 0 Å². The quantitative estimate of drug-likeness (QED) is 0.646. The Balaban J connectivity index is 1.99. The van der Waals surface area contributed by atoms with E-state index in [4.69, 9.17) is 0 Å². The van der Waals surface area contributed by atoms with Gasteiger partial charge >= 0.3 is 0 Å². The molecule has 0 N–H and O–H groups in total. The minimum atomic E-state index is 0.325. The molecule has 1 heterocycles. The molecule has 82 valence electrons. The van der Waals surface area contributed by atoms with Crippen LogP contribution >= 0.6 is 0 Å². The SMILES string of the molecule is CCCCCN1C(=O)CC2CC=CC=C21. The minimum absolute atomic E-state index is 0.325. The number of rotatable bonds is 4. The molecule has 1 unspecified atom stereocenters. The zero-order valence-corrected chi connectivity index (χ0v) is 9.41. The van der Waals surface area contributed by atoms with Crippen molar-refractivity contribution >= 4 is 5.91 Å². The molecule has 1 fully saturated rings. The lowest BCUT2D eigenvalue weighted by atomic mass is 9.97. The molecule has 1 saturated heterocycles. The van der Waals surface area contributed by atoms with Gasteiger partial charge in [0.05, 0.1) is 0 Å². The van der Waals surface area contributed by atoms with Gasteiger partial charge in [-0.2, -0.15) is 0 Å². The zero-order valence-electron chi connectivity index (χ0n) is 9.41. The predicted molar refractivity (Wildman–Crippen MR) is 61.2 cm³/mol. The van der Waals surface area contributed by atoms with E-state index in [0.29, 0.717) is 11.8 Å². The molecule has 0 radical (unpaired) electrons. The van der Waals surface area contributed by atoms with Crippen molar-refractivity contribution in [3.63, 3.8) is 0 Å². The first-order valence-electron chi connectivity index (χ1n) is 6.00. The zero-order chi connectivity index (χ0) is 10.7. The highest BCUT2D eigenvalue weighted by molar-refractivity contribution is 5.82. The molecule has 1 atom stereocenters. The van der Waals surface area contributed by atoms with E-state index in [-0.39, 0.29) is 0 Å². The molecule has 0 bridgehead atoms. The first kappa shape index (κ1) is 10.5. The van der Waals surface area contributed by atoms with Crippen LogP contribution < -0.4 is 0 Å². The number of fused-ring (bicyclic) bond motifs is 1. The highest BCUT2D eigenvalue weighted by atomic mass is 16.2. The van der Waals surface area contributed by atoms with Crippen LogP contribution in [0.1, 0.15) is 39.0 Å². The second-order valence-corrected chi connectivity index (χ2v) is 4.41. The van der Waals surface area contributed by atoms with Gasteiger partial charge in [-0.3, -0.25) is 4.79 Å². The number of amides is 1. The number of hydrogen-bond acceptors (Lipinski definition) is 1. The van der Waals surface area contributed by atoms with E-state index in [1.165, 1.54) is 18.5 Å². The molecule has 1 amide bonds. The fourth-order valence-electron chi connectivity index (χ4n) is 2.40. The summed E-state index contributed by atoms with van der Waals surface area (Å²) in [5, 5.41) is 0. The lowest BCUT2D eigenvalue weighted by Gasteiger charge is -2.21. The third-order valence-corrected chi connectivity index (χ3v) is 3.26. The van der Waals surface area contributed by atoms with Gasteiger partial charge in [0.15, 0.2) is 0 Å². The molecule has 0 aromatic carbocycles. The first-order valence-corrected chi connectivity index (χ1v) is 6.00. The highest BCUT2D eigenvalue weighted by Gasteiger charge is 2.33. The van der Waals surface area contributed by atoms with E-state index in [1.54, 1.807) is 0 Å². The average molecular weight is 205 g/mol. The Morgan fingerprint density at radius 3 is 3.13 bits per heavy atom. The Labute approximate surface area is 91.6 Å². The summed E-state index contributed by atoms with van der Waals surface area (Å²) in [6.45, 7) is 3.11. The van der Waals surface area contributed by atoms with Crippen LogP contribution in [0.5, 0.6) is 0 Å². The van der Waals surface area contributed by atoms with Gasteiger partial charge in [0.1, 0.15) is 0 Å². The molecular formula is C13H19NO. The van der Waals surface area contributed by atoms with E-state index in [0.717, 1.165) is 25.8 Å². The molecule has 2 heteroatoms. The van der Waals surface area contributed by atoms with E-state index >= 15 is 0 Å². The molecule has 0 spiro atoms. The Bertz CT molecular complexity index is 304. The average Bonchev–Trinajstić information content (AvgIpc) is 2.56. The van der Waals surface area contributed by atoms with Crippen LogP contribution in [-0.2, 0) is 4.79 Å². The predicted octanol–water partition coefficient (Wildman–Crippen LogP) is 2.87. The Hall–Kier alpha value is -1.05. The summed E-state index contributed by atoms with van der Waals surface area (Å²) in [7, 11) is 0. The van der Waals surface area contributed by atoms with Gasteiger partial charge in [-0.15, -0.1) is 0 Å². The van der Waals surface area contributed by atoms with Gasteiger partial charge in [-0.05, 0) is 18.9 Å². The van der Waals surface area contributed by atoms with Crippen molar-refractivity contribution in [3.05, 3.63) is 23.9 Å². The van der Waals surface area contributed by atoms with E-state index in [1.807, 2.05) is 4.90 Å². The van der Waals surface area contributed by atoms with Gasteiger partial charge in [-0.1, -0.05) is 31.9 Å². The lowest BCUT2D eigenvalue weighted by molar-refractivity contribution is -0.126. The van der Waals surface area contributed by atoms with Crippen molar-refractivity contribution in [1.82, 2.24) is 4.90 Å². The standard InChI is InChI=1S/C13H19NO/c1-2-3-6-9-14-12-8-5-4-7-11(12)10-13(14)15/h4-5,8,11H,2-3,6-7,9-10H2,1H3. The van der Waals surface area contributed by atoms with Crippen LogP contribution in [0.25, 0.3) is 0 Å². The van der Waals surface area contributed by atoms with Gasteiger partial charge in [-0.25, -0.2) is 0 Å². The maximum Gasteiger partial charge on any atom is 0.227 e. The molecule has 0 saturated carbocycles. The summed E-state index contributed by atoms with van der Waals surface area (Å²) in [4.78, 5) is 13.8. The van der Waals surface area contributed by atoms with Crippen molar-refractivity contribution in [1.29, 1.82) is 0 Å². The molecule has 2 rings (SSSR count). The van der Waals surface area contributed by atoms with Crippen LogP contribution in [0.4, 0.5) is 0 Å². The van der Waals surface area contributed by atoms with Crippen molar-refractivity contribution in [2.24, 2.45) is 5.92 Å². The van der Waals surface area contributed by atoms with Gasteiger partial charge in [0.25, 0.3) is 0 Å². The van der Waals surface area contributed by atoms with Crippen molar-refractivity contribution in [2.45, 2.75) is 39.0 Å². The fraction of sp³-hybridized carbons (Fsp3) is 0.615. The van der Waals surface area contributed by atoms with E-state index in [9.17, 15) is 4.79 Å². The van der Waals surface area contributed by atoms with E-state index in [2.05, 4.69) is 25.2 Å². The number of carbonyl (C=O) groups excluding carboxylic acids is 1. The molecule has 0 aromatic rings. The number of likely N-dealkylation sites (tertiary alicyclic amines) is 1. The molecular weight excluding hydrogens is 186 g/mol. The maximum absolute atomic E-state index is 11.8. The summed E-state index contributed by atoms with van der Waals surface area (Å²) < 4.78 is 0. The second-order valence-electron chi connectivity index (χ2n) is 4.41. The van der Waals surface area contributed by atoms with Crippen LogP contribution in [0.3, 0.4) is 0 Å². The smallest absolute Gasteiger partial charge is 0.227 e. The molecule has 2 nitrogen and oxygen atoms in total. The third kappa shape index (κ3) is 2.14. The van der Waals surface area contributed by atoms with Gasteiger partial charge < -0.3 is 4.90 Å². The Morgan fingerprint density at radius 1 is 1.47 bits per heavy atom. The number of allylic oxidation sites excluding steroid dienone is 4. The minimum Gasteiger partial charge on any atom is -0.316 e. The topological polar surface area (TPSA) is 20.3 Å². The summed E-state index contributed by atoms with van der Waals surface area (Å²) in [6.07, 6.45) is 11.7. The molecule has 2 aliphatic rings. The molecule has 1 aliphatic heterocycles. The highest BCUT2D eigenvalue weighted by Crippen LogP contribution is 2.34. The van der Waals surface area contributed by atoms with Crippen molar-refractivity contribution < 1.29 is 4.79 Å². The summed E-state index contributed by atoms with van der Waals surface area (Å²) >= 11 is 0.